The number of ether oxygens (including phenoxy) is 1. The number of para-hydroxylation sites is 2. The van der Waals surface area contributed by atoms with Crippen molar-refractivity contribution in [3.8, 4) is 5.69 Å². The molecule has 0 aliphatic carbocycles. The third-order valence-electron chi connectivity index (χ3n) is 4.39. The summed E-state index contributed by atoms with van der Waals surface area (Å²) in [6, 6.07) is 9.64. The summed E-state index contributed by atoms with van der Waals surface area (Å²) >= 11 is 1.65. The number of hydrogen-bond acceptors (Lipinski definition) is 6. The molecule has 4 rings (SSSR count). The number of hydrogen-bond donors (Lipinski definition) is 1. The maximum absolute atomic E-state index is 12.6. The summed E-state index contributed by atoms with van der Waals surface area (Å²) < 4.78 is 7.48. The van der Waals surface area contributed by atoms with Gasteiger partial charge in [-0.3, -0.25) is 4.79 Å². The van der Waals surface area contributed by atoms with Crippen LogP contribution in [0.25, 0.3) is 5.69 Å². The Balaban J connectivity index is 1.53. The first-order valence-electron chi connectivity index (χ1n) is 8.60. The monoisotopic (exact) mass is 369 g/mol. The van der Waals surface area contributed by atoms with E-state index in [1.165, 1.54) is 5.56 Å². The fraction of sp³-hybridized carbons (Fsp3) is 0.333. The predicted molar refractivity (Wildman–Crippen MR) is 98.5 cm³/mol. The molecule has 3 heterocycles. The van der Waals surface area contributed by atoms with Crippen LogP contribution in [0.4, 0.5) is 5.69 Å². The molecule has 0 saturated carbocycles. The second-order valence-corrected chi connectivity index (χ2v) is 7.00. The molecule has 3 aromatic rings. The Bertz CT molecular complexity index is 920. The fourth-order valence-electron chi connectivity index (χ4n) is 3.12. The number of rotatable bonds is 5. The number of carbonyl (C=O) groups is 1. The molecule has 1 N–H and O–H groups in total. The second kappa shape index (κ2) is 7.35. The topological polar surface area (TPSA) is 81.9 Å². The minimum Gasteiger partial charge on any atom is -0.372 e. The van der Waals surface area contributed by atoms with Crippen LogP contribution in [0.2, 0.25) is 0 Å². The number of aryl methyl sites for hydroxylation is 1. The molecule has 1 aromatic carbocycles. The average molecular weight is 369 g/mol. The van der Waals surface area contributed by atoms with Crippen molar-refractivity contribution in [3.63, 3.8) is 0 Å². The van der Waals surface area contributed by atoms with Crippen LogP contribution >= 0.6 is 11.3 Å². The molecule has 0 saturated heterocycles. The Hall–Kier alpha value is -2.58. The van der Waals surface area contributed by atoms with Gasteiger partial charge in [-0.1, -0.05) is 19.1 Å². The van der Waals surface area contributed by atoms with E-state index in [0.29, 0.717) is 18.7 Å². The highest BCUT2D eigenvalue weighted by atomic mass is 32.1. The number of anilines is 1. The van der Waals surface area contributed by atoms with E-state index in [0.717, 1.165) is 22.8 Å². The van der Waals surface area contributed by atoms with Gasteiger partial charge in [-0.25, -0.2) is 0 Å². The summed E-state index contributed by atoms with van der Waals surface area (Å²) in [5.41, 5.74) is 2.73. The van der Waals surface area contributed by atoms with Crippen molar-refractivity contribution >= 4 is 22.9 Å². The maximum atomic E-state index is 12.6. The lowest BCUT2D eigenvalue weighted by molar-refractivity contribution is -0.119. The van der Waals surface area contributed by atoms with Crippen molar-refractivity contribution < 1.29 is 9.53 Å². The van der Waals surface area contributed by atoms with Gasteiger partial charge in [-0.2, -0.15) is 4.68 Å². The van der Waals surface area contributed by atoms with E-state index in [9.17, 15) is 4.79 Å². The van der Waals surface area contributed by atoms with Crippen LogP contribution in [0.5, 0.6) is 0 Å². The van der Waals surface area contributed by atoms with E-state index >= 15 is 0 Å². The second-order valence-electron chi connectivity index (χ2n) is 6.05. The molecular formula is C18H19N5O2S. The number of nitrogens with zero attached hydrogens (tertiary/aromatic N) is 4. The zero-order chi connectivity index (χ0) is 17.9. The lowest BCUT2D eigenvalue weighted by Crippen LogP contribution is -2.21. The van der Waals surface area contributed by atoms with Crippen LogP contribution in [-0.2, 0) is 22.4 Å². The van der Waals surface area contributed by atoms with Crippen molar-refractivity contribution in [3.05, 3.63) is 52.0 Å². The summed E-state index contributed by atoms with van der Waals surface area (Å²) in [4.78, 5) is 13.8. The molecule has 26 heavy (non-hydrogen) atoms. The summed E-state index contributed by atoms with van der Waals surface area (Å²) in [6.07, 6.45) is 1.73. The molecule has 1 atom stereocenters. The van der Waals surface area contributed by atoms with Gasteiger partial charge in [0.25, 0.3) is 0 Å². The lowest BCUT2D eigenvalue weighted by atomic mass is 10.1. The number of benzene rings is 1. The zero-order valence-electron chi connectivity index (χ0n) is 14.4. The molecule has 0 radical (unpaired) electrons. The summed E-state index contributed by atoms with van der Waals surface area (Å²) in [7, 11) is 0. The highest BCUT2D eigenvalue weighted by Crippen LogP contribution is 2.34. The van der Waals surface area contributed by atoms with Crippen molar-refractivity contribution in [2.75, 3.05) is 11.9 Å². The minimum atomic E-state index is -0.176. The van der Waals surface area contributed by atoms with Crippen molar-refractivity contribution in [1.82, 2.24) is 20.2 Å². The van der Waals surface area contributed by atoms with Gasteiger partial charge in [0.1, 0.15) is 6.10 Å². The predicted octanol–water partition coefficient (Wildman–Crippen LogP) is 2.93. The van der Waals surface area contributed by atoms with Gasteiger partial charge in [-0.15, -0.1) is 16.4 Å². The third-order valence-corrected chi connectivity index (χ3v) is 5.44. The lowest BCUT2D eigenvalue weighted by Gasteiger charge is -2.23. The normalized spacial score (nSPS) is 16.3. The standard InChI is InChI=1S/C18H19N5O2S/c1-2-16-20-21-22-23(16)14-6-4-3-5-13(14)19-17(24)11-15-18-12(7-9-25-15)8-10-26-18/h3-6,8,10,15H,2,7,9,11H2,1H3,(H,19,24). The summed E-state index contributed by atoms with van der Waals surface area (Å²) in [6.45, 7) is 2.64. The SMILES string of the molecule is CCc1nnnn1-c1ccccc1NC(=O)CC1OCCc2ccsc21. The molecule has 1 unspecified atom stereocenters. The third kappa shape index (κ3) is 3.25. The van der Waals surface area contributed by atoms with E-state index in [1.54, 1.807) is 16.0 Å². The van der Waals surface area contributed by atoms with E-state index < -0.39 is 0 Å². The van der Waals surface area contributed by atoms with Crippen molar-refractivity contribution in [2.45, 2.75) is 32.3 Å². The molecule has 7 nitrogen and oxygen atoms in total. The number of aromatic nitrogens is 4. The Kier molecular flexibility index (Phi) is 4.77. The number of carbonyl (C=O) groups excluding carboxylic acids is 1. The highest BCUT2D eigenvalue weighted by Gasteiger charge is 2.25. The van der Waals surface area contributed by atoms with E-state index in [2.05, 4.69) is 32.3 Å². The van der Waals surface area contributed by atoms with Crippen LogP contribution in [0.1, 0.15) is 35.7 Å². The minimum absolute atomic E-state index is 0.0881. The zero-order valence-corrected chi connectivity index (χ0v) is 15.2. The van der Waals surface area contributed by atoms with Crippen molar-refractivity contribution in [2.24, 2.45) is 0 Å². The molecule has 0 spiro atoms. The van der Waals surface area contributed by atoms with Gasteiger partial charge >= 0.3 is 0 Å². The van der Waals surface area contributed by atoms with Crippen LogP contribution in [0, 0.1) is 0 Å². The van der Waals surface area contributed by atoms with Crippen LogP contribution < -0.4 is 5.32 Å². The smallest absolute Gasteiger partial charge is 0.227 e. The van der Waals surface area contributed by atoms with Crippen LogP contribution in [0.3, 0.4) is 0 Å². The van der Waals surface area contributed by atoms with Gasteiger partial charge < -0.3 is 10.1 Å². The number of thiophene rings is 1. The van der Waals surface area contributed by atoms with Gasteiger partial charge in [-0.05, 0) is 46.0 Å². The Labute approximate surface area is 155 Å². The largest absolute Gasteiger partial charge is 0.372 e. The van der Waals surface area contributed by atoms with Crippen LogP contribution in [-0.4, -0.2) is 32.7 Å². The molecule has 2 aromatic heterocycles. The van der Waals surface area contributed by atoms with Gasteiger partial charge in [0.05, 0.1) is 24.4 Å². The number of fused-ring (bicyclic) bond motifs is 1. The quantitative estimate of drug-likeness (QED) is 0.748. The maximum Gasteiger partial charge on any atom is 0.227 e. The molecule has 0 fully saturated rings. The van der Waals surface area contributed by atoms with E-state index in [4.69, 9.17) is 4.74 Å². The molecular weight excluding hydrogens is 350 g/mol. The highest BCUT2D eigenvalue weighted by molar-refractivity contribution is 7.10. The Morgan fingerprint density at radius 2 is 2.27 bits per heavy atom. The number of tetrazole rings is 1. The first kappa shape index (κ1) is 16.9. The fourth-order valence-corrected chi connectivity index (χ4v) is 4.13. The van der Waals surface area contributed by atoms with Gasteiger partial charge in [0.2, 0.25) is 5.91 Å². The Morgan fingerprint density at radius 1 is 1.38 bits per heavy atom. The Morgan fingerprint density at radius 3 is 3.15 bits per heavy atom. The molecule has 134 valence electrons. The molecule has 1 amide bonds. The molecule has 8 heteroatoms. The molecule has 1 aliphatic heterocycles. The first-order valence-corrected chi connectivity index (χ1v) is 9.48. The van der Waals surface area contributed by atoms with E-state index in [1.807, 2.05) is 31.2 Å². The van der Waals surface area contributed by atoms with Crippen molar-refractivity contribution in [1.29, 1.82) is 0 Å². The summed E-state index contributed by atoms with van der Waals surface area (Å²) in [5, 5.41) is 16.8. The van der Waals surface area contributed by atoms with Gasteiger partial charge in [0, 0.05) is 11.3 Å². The average Bonchev–Trinajstić information content (AvgIpc) is 3.31. The first-order chi connectivity index (χ1) is 12.8. The number of nitrogens with one attached hydrogen (secondary N) is 1. The molecule has 1 aliphatic rings. The van der Waals surface area contributed by atoms with Crippen LogP contribution in [0.15, 0.2) is 35.7 Å². The van der Waals surface area contributed by atoms with E-state index in [-0.39, 0.29) is 18.4 Å². The summed E-state index contributed by atoms with van der Waals surface area (Å²) in [5.74, 6) is 0.653. The number of amides is 1. The van der Waals surface area contributed by atoms with Gasteiger partial charge in [0.15, 0.2) is 5.82 Å². The molecule has 0 bridgehead atoms.